The number of carbonyl (C=O) groups is 1. The number of hydrogen-bond acceptors (Lipinski definition) is 3. The number of ether oxygens (including phenoxy) is 1. The molecule has 106 valence electrons. The number of nitrogens with zero attached hydrogens (tertiary/aromatic N) is 1. The number of hydrogen-bond donors (Lipinski definition) is 0. The first-order valence-electron chi connectivity index (χ1n) is 6.87. The van der Waals surface area contributed by atoms with Crippen LogP contribution in [0.5, 0.6) is 5.75 Å². The highest BCUT2D eigenvalue weighted by molar-refractivity contribution is 5.59. The summed E-state index contributed by atoms with van der Waals surface area (Å²) in [7, 11) is 3.73. The Morgan fingerprint density at radius 1 is 1.32 bits per heavy atom. The Balaban J connectivity index is 2.68. The second kappa shape index (κ2) is 7.29. The quantitative estimate of drug-likeness (QED) is 0.675. The van der Waals surface area contributed by atoms with E-state index in [1.54, 1.807) is 7.11 Å². The fourth-order valence-electron chi connectivity index (χ4n) is 2.35. The van der Waals surface area contributed by atoms with Crippen molar-refractivity contribution in [2.45, 2.75) is 33.2 Å². The molecule has 0 aromatic heterocycles. The van der Waals surface area contributed by atoms with Crippen molar-refractivity contribution in [3.8, 4) is 5.75 Å². The number of carbonyl (C=O) groups excluding carboxylic acids is 1. The van der Waals surface area contributed by atoms with E-state index in [4.69, 9.17) is 4.74 Å². The maximum absolute atomic E-state index is 11.3. The van der Waals surface area contributed by atoms with Gasteiger partial charge in [0.1, 0.15) is 12.0 Å². The minimum absolute atomic E-state index is 0.215. The molecule has 0 aliphatic heterocycles. The molecule has 19 heavy (non-hydrogen) atoms. The average molecular weight is 263 g/mol. The van der Waals surface area contributed by atoms with Gasteiger partial charge in [0.15, 0.2) is 0 Å². The molecule has 0 saturated carbocycles. The number of methoxy groups -OCH3 is 1. The monoisotopic (exact) mass is 263 g/mol. The molecule has 0 fully saturated rings. The van der Waals surface area contributed by atoms with Gasteiger partial charge in [-0.1, -0.05) is 26.0 Å². The summed E-state index contributed by atoms with van der Waals surface area (Å²) in [6, 6.07) is 8.06. The maximum atomic E-state index is 11.3. The minimum atomic E-state index is -0.215. The number of rotatable bonds is 8. The number of benzene rings is 1. The highest BCUT2D eigenvalue weighted by atomic mass is 16.5. The molecule has 1 aromatic carbocycles. The van der Waals surface area contributed by atoms with E-state index in [0.717, 1.165) is 38.0 Å². The summed E-state index contributed by atoms with van der Waals surface area (Å²) in [6.07, 6.45) is 2.89. The van der Waals surface area contributed by atoms with Gasteiger partial charge in [-0.15, -0.1) is 0 Å². The van der Waals surface area contributed by atoms with Crippen LogP contribution in [0.1, 0.15) is 32.3 Å². The van der Waals surface area contributed by atoms with Crippen molar-refractivity contribution in [1.29, 1.82) is 0 Å². The third kappa shape index (κ3) is 4.35. The minimum Gasteiger partial charge on any atom is -0.497 e. The summed E-state index contributed by atoms with van der Waals surface area (Å²) in [6.45, 7) is 5.78. The van der Waals surface area contributed by atoms with E-state index >= 15 is 0 Å². The third-order valence-corrected chi connectivity index (χ3v) is 3.83. The highest BCUT2D eigenvalue weighted by Crippen LogP contribution is 2.25. The molecule has 1 aromatic rings. The van der Waals surface area contributed by atoms with Crippen LogP contribution in [0.2, 0.25) is 0 Å². The first kappa shape index (κ1) is 15.7. The van der Waals surface area contributed by atoms with Crippen LogP contribution < -0.4 is 4.74 Å². The van der Waals surface area contributed by atoms with E-state index in [0.29, 0.717) is 0 Å². The summed E-state index contributed by atoms with van der Waals surface area (Å²) in [5, 5.41) is 0. The molecular formula is C16H25NO2. The van der Waals surface area contributed by atoms with Gasteiger partial charge in [-0.2, -0.15) is 0 Å². The van der Waals surface area contributed by atoms with Crippen LogP contribution in [0.4, 0.5) is 0 Å². The molecule has 0 aliphatic rings. The van der Waals surface area contributed by atoms with Gasteiger partial charge in [-0.05, 0) is 37.6 Å². The molecule has 0 unspecified atom stereocenters. The molecule has 3 nitrogen and oxygen atoms in total. The number of aldehydes is 1. The van der Waals surface area contributed by atoms with Crippen molar-refractivity contribution in [2.75, 3.05) is 20.7 Å². The first-order valence-corrected chi connectivity index (χ1v) is 6.87. The standard InChI is InChI=1S/C16H25NO2/c1-5-16(6-2,13-18)12-17(3)11-14-8-7-9-15(10-14)19-4/h7-10,13H,5-6,11-12H2,1-4H3. The van der Waals surface area contributed by atoms with E-state index in [-0.39, 0.29) is 5.41 Å². The zero-order valence-electron chi connectivity index (χ0n) is 12.5. The van der Waals surface area contributed by atoms with Crippen LogP contribution in [0, 0.1) is 5.41 Å². The zero-order valence-corrected chi connectivity index (χ0v) is 12.5. The van der Waals surface area contributed by atoms with Crippen molar-refractivity contribution in [1.82, 2.24) is 4.90 Å². The normalized spacial score (nSPS) is 11.6. The van der Waals surface area contributed by atoms with Crippen molar-refractivity contribution in [3.63, 3.8) is 0 Å². The van der Waals surface area contributed by atoms with E-state index in [1.165, 1.54) is 5.56 Å². The summed E-state index contributed by atoms with van der Waals surface area (Å²) in [5.41, 5.74) is 0.988. The molecule has 0 N–H and O–H groups in total. The topological polar surface area (TPSA) is 29.5 Å². The first-order chi connectivity index (χ1) is 9.09. The third-order valence-electron chi connectivity index (χ3n) is 3.83. The molecule has 0 radical (unpaired) electrons. The predicted molar refractivity (Wildman–Crippen MR) is 78.4 cm³/mol. The van der Waals surface area contributed by atoms with Gasteiger partial charge in [0.2, 0.25) is 0 Å². The molecular weight excluding hydrogens is 238 g/mol. The lowest BCUT2D eigenvalue weighted by molar-refractivity contribution is -0.117. The Hall–Kier alpha value is -1.35. The Morgan fingerprint density at radius 3 is 2.53 bits per heavy atom. The van der Waals surface area contributed by atoms with Crippen LogP contribution in [-0.2, 0) is 11.3 Å². The van der Waals surface area contributed by atoms with Gasteiger partial charge in [0.05, 0.1) is 7.11 Å². The van der Waals surface area contributed by atoms with Crippen LogP contribution >= 0.6 is 0 Å². The lowest BCUT2D eigenvalue weighted by atomic mass is 9.83. The lowest BCUT2D eigenvalue weighted by Gasteiger charge is -2.30. The fraction of sp³-hybridized carbons (Fsp3) is 0.562. The predicted octanol–water partition coefficient (Wildman–Crippen LogP) is 3.13. The molecule has 0 heterocycles. The molecule has 0 spiro atoms. The summed E-state index contributed by atoms with van der Waals surface area (Å²) >= 11 is 0. The van der Waals surface area contributed by atoms with Gasteiger partial charge < -0.3 is 14.4 Å². The molecule has 0 amide bonds. The van der Waals surface area contributed by atoms with E-state index < -0.39 is 0 Å². The van der Waals surface area contributed by atoms with Gasteiger partial charge in [-0.3, -0.25) is 0 Å². The molecule has 0 saturated heterocycles. The second-order valence-electron chi connectivity index (χ2n) is 5.21. The average Bonchev–Trinajstić information content (AvgIpc) is 2.45. The fourth-order valence-corrected chi connectivity index (χ4v) is 2.35. The summed E-state index contributed by atoms with van der Waals surface area (Å²) < 4.78 is 5.23. The summed E-state index contributed by atoms with van der Waals surface area (Å²) in [5.74, 6) is 0.874. The Kier molecular flexibility index (Phi) is 6.03. The van der Waals surface area contributed by atoms with Crippen LogP contribution in [0.3, 0.4) is 0 Å². The van der Waals surface area contributed by atoms with Crippen LogP contribution in [-0.4, -0.2) is 31.9 Å². The van der Waals surface area contributed by atoms with Gasteiger partial charge >= 0.3 is 0 Å². The smallest absolute Gasteiger partial charge is 0.127 e. The molecule has 0 bridgehead atoms. The van der Waals surface area contributed by atoms with Crippen molar-refractivity contribution in [3.05, 3.63) is 29.8 Å². The van der Waals surface area contributed by atoms with Crippen molar-refractivity contribution in [2.24, 2.45) is 5.41 Å². The molecule has 1 rings (SSSR count). The van der Waals surface area contributed by atoms with Gasteiger partial charge in [0.25, 0.3) is 0 Å². The van der Waals surface area contributed by atoms with Crippen molar-refractivity contribution >= 4 is 6.29 Å². The zero-order chi connectivity index (χ0) is 14.3. The Labute approximate surface area is 116 Å². The highest BCUT2D eigenvalue weighted by Gasteiger charge is 2.27. The van der Waals surface area contributed by atoms with E-state index in [9.17, 15) is 4.79 Å². The Bertz CT molecular complexity index is 399. The summed E-state index contributed by atoms with van der Waals surface area (Å²) in [4.78, 5) is 13.5. The maximum Gasteiger partial charge on any atom is 0.127 e. The van der Waals surface area contributed by atoms with Crippen LogP contribution in [0.15, 0.2) is 24.3 Å². The Morgan fingerprint density at radius 2 is 2.00 bits per heavy atom. The van der Waals surface area contributed by atoms with Gasteiger partial charge in [-0.25, -0.2) is 0 Å². The van der Waals surface area contributed by atoms with Crippen molar-refractivity contribution < 1.29 is 9.53 Å². The second-order valence-corrected chi connectivity index (χ2v) is 5.21. The van der Waals surface area contributed by atoms with Gasteiger partial charge in [0, 0.05) is 18.5 Å². The molecule has 3 heteroatoms. The van der Waals surface area contributed by atoms with Crippen LogP contribution in [0.25, 0.3) is 0 Å². The SMILES string of the molecule is CCC(C=O)(CC)CN(C)Cc1cccc(OC)c1. The largest absolute Gasteiger partial charge is 0.497 e. The van der Waals surface area contributed by atoms with E-state index in [1.807, 2.05) is 18.2 Å². The molecule has 0 aliphatic carbocycles. The van der Waals surface area contributed by atoms with E-state index in [2.05, 4.69) is 31.9 Å². The lowest BCUT2D eigenvalue weighted by Crippen LogP contribution is -2.35. The molecule has 0 atom stereocenters.